The highest BCUT2D eigenvalue weighted by Crippen LogP contribution is 2.27. The number of nitrogens with two attached hydrogens (primary N) is 1. The molecule has 0 fully saturated rings. The number of hydrogen-bond donors (Lipinski definition) is 4. The highest BCUT2D eigenvalue weighted by Gasteiger charge is 2.27. The lowest BCUT2D eigenvalue weighted by Gasteiger charge is -2.26. The van der Waals surface area contributed by atoms with Gasteiger partial charge in [0.2, 0.25) is 11.8 Å². The number of carbonyl (C=O) groups excluding carboxylic acids is 2. The van der Waals surface area contributed by atoms with E-state index in [4.69, 9.17) is 5.73 Å². The van der Waals surface area contributed by atoms with Crippen molar-refractivity contribution in [3.8, 4) is 10.4 Å². The van der Waals surface area contributed by atoms with Crippen LogP contribution in [0.25, 0.3) is 10.4 Å². The zero-order chi connectivity index (χ0) is 22.3. The predicted molar refractivity (Wildman–Crippen MR) is 120 cm³/mol. The molecule has 0 saturated carbocycles. The molecule has 2 amide bonds. The number of thiazole rings is 1. The van der Waals surface area contributed by atoms with Gasteiger partial charge >= 0.3 is 0 Å². The largest absolute Gasteiger partial charge is 0.391 e. The molecule has 1 aromatic carbocycles. The Morgan fingerprint density at radius 3 is 2.43 bits per heavy atom. The van der Waals surface area contributed by atoms with Gasteiger partial charge in [0.25, 0.3) is 0 Å². The summed E-state index contributed by atoms with van der Waals surface area (Å²) in [4.78, 5) is 29.5. The Kier molecular flexibility index (Phi) is 8.52. The molecular formula is C22H32N4O3S. The SMILES string of the molecule is Cc1ncsc1-c1ccc(CNC(=O)CC[C@@H](O)CNC(=O)[C@@H](N)C(C)(C)C)cc1. The predicted octanol–water partition coefficient (Wildman–Crippen LogP) is 2.37. The fourth-order valence-electron chi connectivity index (χ4n) is 2.76. The van der Waals surface area contributed by atoms with Gasteiger partial charge in [0, 0.05) is 19.5 Å². The summed E-state index contributed by atoms with van der Waals surface area (Å²) in [5.41, 5.74) is 10.5. The highest BCUT2D eigenvalue weighted by molar-refractivity contribution is 7.13. The normalized spacial score (nSPS) is 13.5. The summed E-state index contributed by atoms with van der Waals surface area (Å²) in [5.74, 6) is -0.447. The van der Waals surface area contributed by atoms with E-state index < -0.39 is 12.1 Å². The van der Waals surface area contributed by atoms with Crippen LogP contribution in [0.5, 0.6) is 0 Å². The maximum atomic E-state index is 12.1. The Morgan fingerprint density at radius 2 is 1.87 bits per heavy atom. The van der Waals surface area contributed by atoms with Gasteiger partial charge in [-0.3, -0.25) is 9.59 Å². The number of aliphatic hydroxyl groups is 1. The monoisotopic (exact) mass is 432 g/mol. The molecule has 30 heavy (non-hydrogen) atoms. The molecule has 0 aliphatic carbocycles. The molecule has 0 radical (unpaired) electrons. The maximum absolute atomic E-state index is 12.1. The average molecular weight is 433 g/mol. The summed E-state index contributed by atoms with van der Waals surface area (Å²) >= 11 is 1.61. The van der Waals surface area contributed by atoms with E-state index in [2.05, 4.69) is 15.6 Å². The molecule has 2 atom stereocenters. The Morgan fingerprint density at radius 1 is 1.20 bits per heavy atom. The van der Waals surface area contributed by atoms with Crippen molar-refractivity contribution in [3.63, 3.8) is 0 Å². The highest BCUT2D eigenvalue weighted by atomic mass is 32.1. The second-order valence-electron chi connectivity index (χ2n) is 8.52. The smallest absolute Gasteiger partial charge is 0.237 e. The Bertz CT molecular complexity index is 843. The first-order valence-electron chi connectivity index (χ1n) is 10.1. The first-order valence-corrected chi connectivity index (χ1v) is 10.9. The number of nitrogens with zero attached hydrogens (tertiary/aromatic N) is 1. The molecule has 164 valence electrons. The topological polar surface area (TPSA) is 117 Å². The van der Waals surface area contributed by atoms with E-state index in [0.717, 1.165) is 21.7 Å². The molecule has 7 nitrogen and oxygen atoms in total. The number of aromatic nitrogens is 1. The van der Waals surface area contributed by atoms with E-state index in [0.29, 0.717) is 6.54 Å². The molecular weight excluding hydrogens is 400 g/mol. The molecule has 0 saturated heterocycles. The number of amides is 2. The standard InChI is InChI=1S/C22H32N4O3S/c1-14-19(30-13-26-14)16-7-5-15(6-8-16)11-24-18(28)10-9-17(27)12-25-21(29)20(23)22(2,3)4/h5-8,13,17,20,27H,9-12,23H2,1-4H3,(H,24,28)(H,25,29)/t17-,20-/m1/s1. The lowest BCUT2D eigenvalue weighted by molar-refractivity contribution is -0.125. The maximum Gasteiger partial charge on any atom is 0.237 e. The van der Waals surface area contributed by atoms with E-state index in [9.17, 15) is 14.7 Å². The average Bonchev–Trinajstić information content (AvgIpc) is 3.13. The van der Waals surface area contributed by atoms with E-state index >= 15 is 0 Å². The minimum Gasteiger partial charge on any atom is -0.391 e. The number of aryl methyl sites for hydroxylation is 1. The second kappa shape index (κ2) is 10.7. The molecule has 0 aliphatic rings. The molecule has 0 spiro atoms. The van der Waals surface area contributed by atoms with Gasteiger partial charge in [-0.25, -0.2) is 4.98 Å². The third kappa shape index (κ3) is 7.19. The molecule has 0 aliphatic heterocycles. The van der Waals surface area contributed by atoms with E-state index in [1.165, 1.54) is 0 Å². The van der Waals surface area contributed by atoms with Crippen molar-refractivity contribution >= 4 is 23.2 Å². The van der Waals surface area contributed by atoms with E-state index in [1.807, 2.05) is 57.5 Å². The molecule has 8 heteroatoms. The number of benzene rings is 1. The van der Waals surface area contributed by atoms with Gasteiger partial charge in [-0.1, -0.05) is 45.0 Å². The minimum absolute atomic E-state index is 0.0777. The van der Waals surface area contributed by atoms with Crippen LogP contribution in [0, 0.1) is 12.3 Å². The van der Waals surface area contributed by atoms with Crippen molar-refractivity contribution in [2.75, 3.05) is 6.54 Å². The van der Waals surface area contributed by atoms with Crippen LogP contribution in [0.2, 0.25) is 0 Å². The fourth-order valence-corrected chi connectivity index (χ4v) is 3.58. The lowest BCUT2D eigenvalue weighted by atomic mass is 9.87. The summed E-state index contributed by atoms with van der Waals surface area (Å²) in [6.45, 7) is 8.13. The summed E-state index contributed by atoms with van der Waals surface area (Å²) in [7, 11) is 0. The van der Waals surface area contributed by atoms with E-state index in [-0.39, 0.29) is 36.6 Å². The van der Waals surface area contributed by atoms with Crippen molar-refractivity contribution < 1.29 is 14.7 Å². The van der Waals surface area contributed by atoms with Crippen molar-refractivity contribution in [3.05, 3.63) is 41.0 Å². The van der Waals surface area contributed by atoms with Crippen molar-refractivity contribution in [1.82, 2.24) is 15.6 Å². The van der Waals surface area contributed by atoms with Crippen molar-refractivity contribution in [2.24, 2.45) is 11.1 Å². The zero-order valence-corrected chi connectivity index (χ0v) is 18.9. The Hall–Kier alpha value is -2.29. The van der Waals surface area contributed by atoms with Gasteiger partial charge in [0.15, 0.2) is 0 Å². The Labute approximate surface area is 182 Å². The Balaban J connectivity index is 1.69. The lowest BCUT2D eigenvalue weighted by Crippen LogP contribution is -2.50. The van der Waals surface area contributed by atoms with Gasteiger partial charge in [-0.2, -0.15) is 0 Å². The van der Waals surface area contributed by atoms with Crippen LogP contribution in [-0.2, 0) is 16.1 Å². The molecule has 0 unspecified atom stereocenters. The summed E-state index contributed by atoms with van der Waals surface area (Å²) in [5, 5.41) is 15.5. The molecule has 1 aromatic heterocycles. The number of rotatable bonds is 9. The number of hydrogen-bond acceptors (Lipinski definition) is 6. The molecule has 2 rings (SSSR count). The summed E-state index contributed by atoms with van der Waals surface area (Å²) < 4.78 is 0. The van der Waals surface area contributed by atoms with Gasteiger partial charge in [0.05, 0.1) is 28.2 Å². The summed E-state index contributed by atoms with van der Waals surface area (Å²) in [6, 6.07) is 7.36. The minimum atomic E-state index is -0.797. The van der Waals surface area contributed by atoms with Crippen LogP contribution in [-0.4, -0.2) is 40.6 Å². The fraction of sp³-hybridized carbons (Fsp3) is 0.500. The van der Waals surface area contributed by atoms with E-state index in [1.54, 1.807) is 11.3 Å². The number of aliphatic hydroxyl groups excluding tert-OH is 1. The van der Waals surface area contributed by atoms with Crippen LogP contribution >= 0.6 is 11.3 Å². The zero-order valence-electron chi connectivity index (χ0n) is 18.1. The van der Waals surface area contributed by atoms with Crippen LogP contribution in [0.15, 0.2) is 29.8 Å². The third-order valence-electron chi connectivity index (χ3n) is 4.88. The van der Waals surface area contributed by atoms with Crippen LogP contribution in [0.3, 0.4) is 0 Å². The van der Waals surface area contributed by atoms with Gasteiger partial charge in [-0.15, -0.1) is 11.3 Å². The first-order chi connectivity index (χ1) is 14.1. The van der Waals surface area contributed by atoms with Crippen molar-refractivity contribution in [1.29, 1.82) is 0 Å². The van der Waals surface area contributed by atoms with Crippen LogP contribution in [0.1, 0.15) is 44.9 Å². The quantitative estimate of drug-likeness (QED) is 0.485. The molecule has 5 N–H and O–H groups in total. The number of nitrogens with one attached hydrogen (secondary N) is 2. The van der Waals surface area contributed by atoms with Crippen LogP contribution in [0.4, 0.5) is 0 Å². The third-order valence-corrected chi connectivity index (χ3v) is 5.86. The molecule has 2 aromatic rings. The number of carbonyl (C=O) groups is 2. The van der Waals surface area contributed by atoms with Crippen LogP contribution < -0.4 is 16.4 Å². The molecule has 1 heterocycles. The van der Waals surface area contributed by atoms with Crippen molar-refractivity contribution in [2.45, 2.75) is 59.2 Å². The first kappa shape index (κ1) is 24.0. The molecule has 0 bridgehead atoms. The van der Waals surface area contributed by atoms with Gasteiger partial charge in [-0.05, 0) is 29.9 Å². The van der Waals surface area contributed by atoms with Gasteiger partial charge in [0.1, 0.15) is 0 Å². The van der Waals surface area contributed by atoms with Gasteiger partial charge < -0.3 is 21.5 Å². The summed E-state index contributed by atoms with van der Waals surface area (Å²) in [6.07, 6.45) is -0.352. The second-order valence-corrected chi connectivity index (χ2v) is 9.38.